The minimum absolute atomic E-state index is 0.0197. The SMILES string of the molecule is CC(=O)Nc1ccc(O)c([N+]#N)c1. The molecule has 0 aliphatic carbocycles. The molecule has 13 heavy (non-hydrogen) atoms. The number of carbonyl (C=O) groups excluding carboxylic acids is 1. The quantitative estimate of drug-likeness (QED) is 0.508. The van der Waals surface area contributed by atoms with Crippen LogP contribution in [-0.4, -0.2) is 11.0 Å². The molecule has 0 heterocycles. The van der Waals surface area contributed by atoms with E-state index < -0.39 is 0 Å². The molecule has 2 N–H and O–H groups in total. The molecule has 1 aromatic carbocycles. The number of phenols is 1. The van der Waals surface area contributed by atoms with Gasteiger partial charge in [0.05, 0.1) is 6.07 Å². The Morgan fingerprint density at radius 1 is 1.62 bits per heavy atom. The molecule has 0 aliphatic rings. The van der Waals surface area contributed by atoms with Crippen molar-refractivity contribution in [3.63, 3.8) is 0 Å². The van der Waals surface area contributed by atoms with Crippen molar-refractivity contribution < 1.29 is 9.90 Å². The summed E-state index contributed by atoms with van der Waals surface area (Å²) in [6, 6.07) is 4.20. The number of phenolic OH excluding ortho intramolecular Hbond substituents is 1. The summed E-state index contributed by atoms with van der Waals surface area (Å²) in [5.74, 6) is -0.369. The van der Waals surface area contributed by atoms with E-state index in [1.54, 1.807) is 0 Å². The van der Waals surface area contributed by atoms with Gasteiger partial charge in [-0.2, -0.15) is 0 Å². The summed E-state index contributed by atoms with van der Waals surface area (Å²) in [5, 5.41) is 20.0. The maximum absolute atomic E-state index is 10.6. The van der Waals surface area contributed by atoms with Crippen molar-refractivity contribution in [3.8, 4) is 5.75 Å². The lowest BCUT2D eigenvalue weighted by Gasteiger charge is -1.98. The molecule has 1 aromatic rings. The van der Waals surface area contributed by atoms with Crippen molar-refractivity contribution in [1.82, 2.24) is 0 Å². The Morgan fingerprint density at radius 3 is 2.85 bits per heavy atom. The second-order valence-electron chi connectivity index (χ2n) is 2.48. The van der Waals surface area contributed by atoms with E-state index in [1.165, 1.54) is 25.1 Å². The van der Waals surface area contributed by atoms with Gasteiger partial charge < -0.3 is 10.4 Å². The number of amides is 1. The van der Waals surface area contributed by atoms with E-state index in [0.717, 1.165) is 0 Å². The summed E-state index contributed by atoms with van der Waals surface area (Å²) in [4.78, 5) is 13.5. The number of diazo groups is 1. The lowest BCUT2D eigenvalue weighted by molar-refractivity contribution is -0.114. The molecule has 66 valence electrons. The Balaban J connectivity index is 3.01. The minimum atomic E-state index is -0.227. The van der Waals surface area contributed by atoms with Crippen LogP contribution in [0.3, 0.4) is 0 Å². The van der Waals surface area contributed by atoms with Gasteiger partial charge in [0, 0.05) is 12.6 Å². The molecule has 5 heteroatoms. The van der Waals surface area contributed by atoms with E-state index in [9.17, 15) is 4.79 Å². The van der Waals surface area contributed by atoms with Crippen LogP contribution in [0.4, 0.5) is 11.4 Å². The third kappa shape index (κ3) is 2.17. The summed E-state index contributed by atoms with van der Waals surface area (Å²) in [6.45, 7) is 1.36. The highest BCUT2D eigenvalue weighted by Gasteiger charge is 2.13. The molecule has 0 saturated heterocycles. The number of carbonyl (C=O) groups is 1. The highest BCUT2D eigenvalue weighted by atomic mass is 16.3. The van der Waals surface area contributed by atoms with Gasteiger partial charge in [-0.25, -0.2) is 0 Å². The van der Waals surface area contributed by atoms with Gasteiger partial charge in [-0.3, -0.25) is 4.79 Å². The maximum Gasteiger partial charge on any atom is 0.428 e. The van der Waals surface area contributed by atoms with Gasteiger partial charge in [0.25, 0.3) is 0 Å². The van der Waals surface area contributed by atoms with Crippen molar-refractivity contribution in [2.45, 2.75) is 6.92 Å². The van der Waals surface area contributed by atoms with Crippen LogP contribution in [0.5, 0.6) is 5.75 Å². The first-order chi connectivity index (χ1) is 6.13. The van der Waals surface area contributed by atoms with Crippen LogP contribution in [0.15, 0.2) is 18.2 Å². The topological polar surface area (TPSA) is 77.5 Å². The number of rotatable bonds is 1. The molecule has 0 atom stereocenters. The fraction of sp³-hybridized carbons (Fsp3) is 0.125. The number of hydrogen-bond acceptors (Lipinski definition) is 3. The smallest absolute Gasteiger partial charge is 0.428 e. The van der Waals surface area contributed by atoms with Crippen LogP contribution in [0.2, 0.25) is 0 Å². The normalized spacial score (nSPS) is 8.92. The second-order valence-corrected chi connectivity index (χ2v) is 2.48. The summed E-state index contributed by atoms with van der Waals surface area (Å²) in [5.41, 5.74) is 0.490. The largest absolute Gasteiger partial charge is 0.501 e. The monoisotopic (exact) mass is 178 g/mol. The van der Waals surface area contributed by atoms with E-state index in [0.29, 0.717) is 5.69 Å². The number of hydrogen-bond donors (Lipinski definition) is 2. The van der Waals surface area contributed by atoms with Crippen molar-refractivity contribution in [2.24, 2.45) is 0 Å². The van der Waals surface area contributed by atoms with Crippen LogP contribution < -0.4 is 5.32 Å². The van der Waals surface area contributed by atoms with Crippen molar-refractivity contribution >= 4 is 17.3 Å². The predicted octanol–water partition coefficient (Wildman–Crippen LogP) is 1.84. The summed E-state index contributed by atoms with van der Waals surface area (Å²) >= 11 is 0. The highest BCUT2D eigenvalue weighted by molar-refractivity contribution is 5.89. The molecule has 0 fully saturated rings. The van der Waals surface area contributed by atoms with Crippen LogP contribution in [0.25, 0.3) is 4.98 Å². The first kappa shape index (κ1) is 9.00. The van der Waals surface area contributed by atoms with Gasteiger partial charge in [0.15, 0.2) is 4.98 Å². The molecule has 0 bridgehead atoms. The Morgan fingerprint density at radius 2 is 2.31 bits per heavy atom. The molecule has 0 aromatic heterocycles. The molecular weight excluding hydrogens is 170 g/mol. The van der Waals surface area contributed by atoms with E-state index in [1.807, 2.05) is 0 Å². The van der Waals surface area contributed by atoms with Gasteiger partial charge >= 0.3 is 5.69 Å². The maximum atomic E-state index is 10.6. The van der Waals surface area contributed by atoms with Gasteiger partial charge in [-0.05, 0) is 12.1 Å². The average molecular weight is 178 g/mol. The zero-order chi connectivity index (χ0) is 9.84. The molecule has 1 amide bonds. The predicted molar refractivity (Wildman–Crippen MR) is 47.2 cm³/mol. The number of aromatic hydroxyl groups is 1. The van der Waals surface area contributed by atoms with Crippen LogP contribution in [-0.2, 0) is 4.79 Å². The molecule has 0 radical (unpaired) electrons. The minimum Gasteiger partial charge on any atom is -0.501 e. The Labute approximate surface area is 74.6 Å². The Hall–Kier alpha value is -2.09. The lowest BCUT2D eigenvalue weighted by atomic mass is 10.2. The van der Waals surface area contributed by atoms with E-state index >= 15 is 0 Å². The zero-order valence-electron chi connectivity index (χ0n) is 6.98. The van der Waals surface area contributed by atoms with Crippen LogP contribution in [0, 0.1) is 5.39 Å². The standard InChI is InChI=1S/C8H7N3O2/c1-5(12)10-6-2-3-8(13)7(4-6)11-9/h2-4,9H,1H3/p+1. The zero-order valence-corrected chi connectivity index (χ0v) is 6.98. The molecule has 0 saturated carbocycles. The third-order valence-electron chi connectivity index (χ3n) is 1.40. The number of benzene rings is 1. The average Bonchev–Trinajstić information content (AvgIpc) is 2.07. The number of anilines is 1. The molecule has 0 aliphatic heterocycles. The van der Waals surface area contributed by atoms with E-state index in [-0.39, 0.29) is 17.3 Å². The fourth-order valence-corrected chi connectivity index (χ4v) is 0.885. The molecule has 0 spiro atoms. The molecular formula is C8H8N3O2+. The van der Waals surface area contributed by atoms with Gasteiger partial charge in [-0.1, -0.05) is 0 Å². The Bertz CT molecular complexity index is 381. The summed E-state index contributed by atoms with van der Waals surface area (Å²) in [6.07, 6.45) is 0. The molecule has 0 unspecified atom stereocenters. The summed E-state index contributed by atoms with van der Waals surface area (Å²) in [7, 11) is 0. The highest BCUT2D eigenvalue weighted by Crippen LogP contribution is 2.29. The van der Waals surface area contributed by atoms with Crippen molar-refractivity contribution in [3.05, 3.63) is 23.2 Å². The first-order valence-electron chi connectivity index (χ1n) is 3.59. The van der Waals surface area contributed by atoms with Crippen LogP contribution >= 0.6 is 0 Å². The van der Waals surface area contributed by atoms with Crippen molar-refractivity contribution in [2.75, 3.05) is 5.32 Å². The van der Waals surface area contributed by atoms with E-state index in [4.69, 9.17) is 10.5 Å². The van der Waals surface area contributed by atoms with Gasteiger partial charge in [0.2, 0.25) is 17.0 Å². The number of nitrogens with one attached hydrogen (secondary N) is 1. The molecule has 5 nitrogen and oxygen atoms in total. The van der Waals surface area contributed by atoms with Crippen LogP contribution in [0.1, 0.15) is 6.92 Å². The second kappa shape index (κ2) is 3.54. The Kier molecular flexibility index (Phi) is 2.45. The fourth-order valence-electron chi connectivity index (χ4n) is 0.885. The van der Waals surface area contributed by atoms with E-state index in [2.05, 4.69) is 10.3 Å². The number of nitrogens with zero attached hydrogens (tertiary/aromatic N) is 2. The first-order valence-corrected chi connectivity index (χ1v) is 3.59. The lowest BCUT2D eigenvalue weighted by Crippen LogP contribution is -2.05. The molecule has 1 rings (SSSR count). The van der Waals surface area contributed by atoms with Crippen molar-refractivity contribution in [1.29, 1.82) is 5.39 Å². The van der Waals surface area contributed by atoms with Gasteiger partial charge in [0.1, 0.15) is 0 Å². The summed E-state index contributed by atoms with van der Waals surface area (Å²) < 4.78 is 0. The third-order valence-corrected chi connectivity index (χ3v) is 1.40. The van der Waals surface area contributed by atoms with Gasteiger partial charge in [-0.15, -0.1) is 0 Å².